The molecule has 3 aromatic carbocycles. The number of rotatable bonds is 11. The van der Waals surface area contributed by atoms with Gasteiger partial charge in [-0.3, -0.25) is 0 Å². The van der Waals surface area contributed by atoms with Crippen molar-refractivity contribution in [3.8, 4) is 17.0 Å². The van der Waals surface area contributed by atoms with E-state index in [1.807, 2.05) is 24.3 Å². The van der Waals surface area contributed by atoms with Crippen molar-refractivity contribution in [1.82, 2.24) is 9.88 Å². The van der Waals surface area contributed by atoms with Crippen LogP contribution in [-0.4, -0.2) is 24.3 Å². The number of hydrogen-bond acceptors (Lipinski definition) is 2. The Hall–Kier alpha value is -3.11. The summed E-state index contributed by atoms with van der Waals surface area (Å²) >= 11 is 0. The van der Waals surface area contributed by atoms with Gasteiger partial charge in [0.15, 0.2) is 5.82 Å². The summed E-state index contributed by atoms with van der Waals surface area (Å²) in [6.07, 6.45) is 3.06. The van der Waals surface area contributed by atoms with E-state index in [1.54, 1.807) is 0 Å². The van der Waals surface area contributed by atoms with Gasteiger partial charge in [-0.2, -0.15) is 0 Å². The molecule has 0 saturated heterocycles. The van der Waals surface area contributed by atoms with Crippen LogP contribution in [0, 0.1) is 19.7 Å². The Morgan fingerprint density at radius 2 is 1.63 bits per heavy atom. The lowest BCUT2D eigenvalue weighted by Gasteiger charge is -2.15. The molecule has 0 atom stereocenters. The molecular formula is C31H37FN2O. The first-order chi connectivity index (χ1) is 17.0. The molecule has 184 valence electrons. The lowest BCUT2D eigenvalue weighted by molar-refractivity contribution is 0.309. The van der Waals surface area contributed by atoms with E-state index in [4.69, 9.17) is 4.74 Å². The largest absolute Gasteiger partial charge is 0.494 e. The Morgan fingerprint density at radius 3 is 2.31 bits per heavy atom. The zero-order chi connectivity index (χ0) is 24.8. The summed E-state index contributed by atoms with van der Waals surface area (Å²) in [6, 6.07) is 20.7. The standard InChI is InChI=1S/C31H37FN2O/c1-5-7-19-35-26-15-16-28-27(20-26)30(32)31(29-22(3)9-8-10-23(29)4)34(28)21-25-13-11-24(12-14-25)17-18-33-6-2/h8-16,20,33H,5-7,17-19,21H2,1-4H3. The Balaban J connectivity index is 1.77. The number of likely N-dealkylation sites (N-methyl/N-ethyl adjacent to an activating group) is 1. The van der Waals surface area contributed by atoms with E-state index >= 15 is 4.39 Å². The van der Waals surface area contributed by atoms with Crippen molar-refractivity contribution in [2.75, 3.05) is 19.7 Å². The van der Waals surface area contributed by atoms with Gasteiger partial charge in [-0.25, -0.2) is 4.39 Å². The van der Waals surface area contributed by atoms with Crippen LogP contribution in [-0.2, 0) is 13.0 Å². The third kappa shape index (κ3) is 5.59. The number of aromatic nitrogens is 1. The zero-order valence-corrected chi connectivity index (χ0v) is 21.5. The van der Waals surface area contributed by atoms with Crippen LogP contribution in [0.25, 0.3) is 22.2 Å². The van der Waals surface area contributed by atoms with E-state index < -0.39 is 0 Å². The zero-order valence-electron chi connectivity index (χ0n) is 21.5. The van der Waals surface area contributed by atoms with Crippen molar-refractivity contribution in [3.05, 3.63) is 88.7 Å². The Labute approximate surface area is 208 Å². The number of nitrogens with zero attached hydrogens (tertiary/aromatic N) is 1. The minimum absolute atomic E-state index is 0.180. The van der Waals surface area contributed by atoms with E-state index in [0.29, 0.717) is 24.2 Å². The molecule has 0 unspecified atom stereocenters. The molecule has 0 aliphatic carbocycles. The van der Waals surface area contributed by atoms with Gasteiger partial charge in [-0.1, -0.05) is 62.7 Å². The minimum Gasteiger partial charge on any atom is -0.494 e. The van der Waals surface area contributed by atoms with E-state index in [9.17, 15) is 0 Å². The third-order valence-electron chi connectivity index (χ3n) is 6.66. The number of aryl methyl sites for hydroxylation is 2. The van der Waals surface area contributed by atoms with Gasteiger partial charge in [0, 0.05) is 17.5 Å². The number of benzene rings is 3. The van der Waals surface area contributed by atoms with Gasteiger partial charge in [0.1, 0.15) is 5.75 Å². The molecule has 0 bridgehead atoms. The van der Waals surface area contributed by atoms with Gasteiger partial charge in [0.05, 0.1) is 17.8 Å². The van der Waals surface area contributed by atoms with Crippen molar-refractivity contribution in [3.63, 3.8) is 0 Å². The number of unbranched alkanes of at least 4 members (excludes halogenated alkanes) is 1. The maximum absolute atomic E-state index is 16.2. The topological polar surface area (TPSA) is 26.2 Å². The monoisotopic (exact) mass is 472 g/mol. The summed E-state index contributed by atoms with van der Waals surface area (Å²) in [6.45, 7) is 11.6. The van der Waals surface area contributed by atoms with Crippen LogP contribution in [0.3, 0.4) is 0 Å². The molecule has 0 aliphatic rings. The first kappa shape index (κ1) is 25.0. The summed E-state index contributed by atoms with van der Waals surface area (Å²) in [7, 11) is 0. The first-order valence-corrected chi connectivity index (χ1v) is 12.8. The van der Waals surface area contributed by atoms with Crippen molar-refractivity contribution in [1.29, 1.82) is 0 Å². The minimum atomic E-state index is -0.180. The molecule has 0 saturated carbocycles. The molecule has 4 aromatic rings. The third-order valence-corrected chi connectivity index (χ3v) is 6.66. The molecule has 1 heterocycles. The van der Waals surface area contributed by atoms with Gasteiger partial charge in [-0.15, -0.1) is 0 Å². The number of ether oxygens (including phenoxy) is 1. The lowest BCUT2D eigenvalue weighted by Crippen LogP contribution is -2.16. The molecule has 35 heavy (non-hydrogen) atoms. The maximum Gasteiger partial charge on any atom is 0.156 e. The highest BCUT2D eigenvalue weighted by Crippen LogP contribution is 2.38. The average molecular weight is 473 g/mol. The summed E-state index contributed by atoms with van der Waals surface area (Å²) in [4.78, 5) is 0. The van der Waals surface area contributed by atoms with Gasteiger partial charge < -0.3 is 14.6 Å². The van der Waals surface area contributed by atoms with E-state index in [1.165, 1.54) is 5.56 Å². The average Bonchev–Trinajstić information content (AvgIpc) is 3.11. The second kappa shape index (κ2) is 11.5. The van der Waals surface area contributed by atoms with Crippen LogP contribution >= 0.6 is 0 Å². The fourth-order valence-corrected chi connectivity index (χ4v) is 4.72. The Bertz CT molecular complexity index is 1250. The molecule has 0 amide bonds. The molecule has 0 aliphatic heterocycles. The van der Waals surface area contributed by atoms with Crippen LogP contribution in [0.4, 0.5) is 4.39 Å². The van der Waals surface area contributed by atoms with Crippen LogP contribution in [0.15, 0.2) is 60.7 Å². The summed E-state index contributed by atoms with van der Waals surface area (Å²) in [5.74, 6) is 0.542. The fraction of sp³-hybridized carbons (Fsp3) is 0.355. The van der Waals surface area contributed by atoms with Crippen LogP contribution in [0.1, 0.15) is 48.9 Å². The highest BCUT2D eigenvalue weighted by Gasteiger charge is 2.22. The van der Waals surface area contributed by atoms with Crippen LogP contribution in [0.2, 0.25) is 0 Å². The number of hydrogen-bond donors (Lipinski definition) is 1. The Kier molecular flexibility index (Phi) is 8.25. The predicted molar refractivity (Wildman–Crippen MR) is 145 cm³/mol. The van der Waals surface area contributed by atoms with Crippen molar-refractivity contribution < 1.29 is 9.13 Å². The first-order valence-electron chi connectivity index (χ1n) is 12.8. The number of nitrogens with one attached hydrogen (secondary N) is 1. The maximum atomic E-state index is 16.2. The predicted octanol–water partition coefficient (Wildman–Crippen LogP) is 7.44. The molecule has 0 fully saturated rings. The molecule has 4 rings (SSSR count). The lowest BCUT2D eigenvalue weighted by atomic mass is 9.99. The molecule has 1 N–H and O–H groups in total. The molecule has 0 radical (unpaired) electrons. The second-order valence-corrected chi connectivity index (χ2v) is 9.32. The molecule has 1 aromatic heterocycles. The molecule has 4 heteroatoms. The summed E-state index contributed by atoms with van der Waals surface area (Å²) in [5, 5.41) is 3.98. The highest BCUT2D eigenvalue weighted by molar-refractivity contribution is 5.90. The normalized spacial score (nSPS) is 11.3. The van der Waals surface area contributed by atoms with E-state index in [2.05, 4.69) is 74.0 Å². The van der Waals surface area contributed by atoms with Crippen LogP contribution < -0.4 is 10.1 Å². The van der Waals surface area contributed by atoms with Gasteiger partial charge in [-0.05, 0) is 80.2 Å². The van der Waals surface area contributed by atoms with Gasteiger partial charge >= 0.3 is 0 Å². The quantitative estimate of drug-likeness (QED) is 0.230. The van der Waals surface area contributed by atoms with Crippen LogP contribution in [0.5, 0.6) is 5.75 Å². The highest BCUT2D eigenvalue weighted by atomic mass is 19.1. The SMILES string of the molecule is CCCCOc1ccc2c(c1)c(F)c(-c1c(C)cccc1C)n2Cc1ccc(CCNCC)cc1. The van der Waals surface area contributed by atoms with Crippen molar-refractivity contribution >= 4 is 10.9 Å². The number of fused-ring (bicyclic) bond motifs is 1. The smallest absolute Gasteiger partial charge is 0.156 e. The molecule has 0 spiro atoms. The Morgan fingerprint density at radius 1 is 0.914 bits per heavy atom. The van der Waals surface area contributed by atoms with Crippen molar-refractivity contribution in [2.45, 2.75) is 53.5 Å². The van der Waals surface area contributed by atoms with Crippen molar-refractivity contribution in [2.24, 2.45) is 0 Å². The van der Waals surface area contributed by atoms with Gasteiger partial charge in [0.2, 0.25) is 0 Å². The molecule has 3 nitrogen and oxygen atoms in total. The van der Waals surface area contributed by atoms with E-state index in [0.717, 1.165) is 65.9 Å². The summed E-state index contributed by atoms with van der Waals surface area (Å²) in [5.41, 5.74) is 7.12. The van der Waals surface area contributed by atoms with Gasteiger partial charge in [0.25, 0.3) is 0 Å². The second-order valence-electron chi connectivity index (χ2n) is 9.32. The summed E-state index contributed by atoms with van der Waals surface area (Å²) < 4.78 is 24.2. The molecular weight excluding hydrogens is 435 g/mol. The van der Waals surface area contributed by atoms with E-state index in [-0.39, 0.29) is 5.82 Å². The number of halogens is 1. The fourth-order valence-electron chi connectivity index (χ4n) is 4.72.